The van der Waals surface area contributed by atoms with Crippen LogP contribution in [0.5, 0.6) is 5.75 Å². The Morgan fingerprint density at radius 2 is 1.96 bits per heavy atom. The minimum atomic E-state index is -3.71. The number of sulfonamides is 1. The summed E-state index contributed by atoms with van der Waals surface area (Å²) < 4.78 is 37.5. The maximum Gasteiger partial charge on any atom is 0.244 e. The number of nitrogens with zero attached hydrogens (tertiary/aromatic N) is 1. The van der Waals surface area contributed by atoms with E-state index in [9.17, 15) is 13.2 Å². The normalized spacial score (nSPS) is 11.3. The van der Waals surface area contributed by atoms with Crippen LogP contribution in [0.3, 0.4) is 0 Å². The summed E-state index contributed by atoms with van der Waals surface area (Å²) in [5, 5.41) is 0. The highest BCUT2D eigenvalue weighted by Crippen LogP contribution is 2.24. The average Bonchev–Trinajstić information content (AvgIpc) is 2.53. The summed E-state index contributed by atoms with van der Waals surface area (Å²) in [6.07, 6.45) is 0.703. The SMILES string of the molecule is COCCCN(CCNS(=O)(=O)c1cc(C)ccc1OC)C(C)=O. The monoisotopic (exact) mass is 358 g/mol. The van der Waals surface area contributed by atoms with Crippen molar-refractivity contribution >= 4 is 15.9 Å². The van der Waals surface area contributed by atoms with E-state index in [4.69, 9.17) is 9.47 Å². The van der Waals surface area contributed by atoms with Crippen LogP contribution in [0, 0.1) is 6.92 Å². The van der Waals surface area contributed by atoms with Crippen molar-refractivity contribution < 1.29 is 22.7 Å². The van der Waals surface area contributed by atoms with E-state index in [-0.39, 0.29) is 23.1 Å². The zero-order valence-electron chi connectivity index (χ0n) is 14.7. The lowest BCUT2D eigenvalue weighted by Crippen LogP contribution is -2.38. The van der Waals surface area contributed by atoms with Gasteiger partial charge in [0.15, 0.2) is 0 Å². The number of ether oxygens (including phenoxy) is 2. The summed E-state index contributed by atoms with van der Waals surface area (Å²) in [5.41, 5.74) is 0.820. The molecule has 0 bridgehead atoms. The Labute approximate surface area is 144 Å². The third-order valence-corrected chi connectivity index (χ3v) is 4.99. The molecule has 136 valence electrons. The molecule has 1 aromatic rings. The summed E-state index contributed by atoms with van der Waals surface area (Å²) in [6, 6.07) is 4.96. The molecule has 0 aliphatic heterocycles. The Balaban J connectivity index is 2.71. The molecule has 0 saturated carbocycles. The Hall–Kier alpha value is -1.64. The molecule has 0 saturated heterocycles. The van der Waals surface area contributed by atoms with Crippen LogP contribution in [0.25, 0.3) is 0 Å². The number of carbonyl (C=O) groups excluding carboxylic acids is 1. The Bertz CT molecular complexity index is 646. The van der Waals surface area contributed by atoms with Gasteiger partial charge >= 0.3 is 0 Å². The van der Waals surface area contributed by atoms with E-state index < -0.39 is 10.0 Å². The van der Waals surface area contributed by atoms with Crippen LogP contribution in [-0.4, -0.2) is 59.7 Å². The molecule has 0 atom stereocenters. The van der Waals surface area contributed by atoms with Crippen molar-refractivity contribution in [2.45, 2.75) is 25.2 Å². The van der Waals surface area contributed by atoms with Gasteiger partial charge in [-0.1, -0.05) is 6.07 Å². The van der Waals surface area contributed by atoms with Gasteiger partial charge in [0.1, 0.15) is 10.6 Å². The number of benzene rings is 1. The van der Waals surface area contributed by atoms with Crippen LogP contribution in [0.15, 0.2) is 23.1 Å². The van der Waals surface area contributed by atoms with E-state index in [1.807, 2.05) is 6.92 Å². The van der Waals surface area contributed by atoms with Gasteiger partial charge in [0.25, 0.3) is 0 Å². The van der Waals surface area contributed by atoms with Gasteiger partial charge in [-0.25, -0.2) is 13.1 Å². The zero-order valence-corrected chi connectivity index (χ0v) is 15.5. The molecule has 1 amide bonds. The molecule has 1 aromatic carbocycles. The molecule has 0 spiro atoms. The molecule has 1 rings (SSSR count). The number of hydrogen-bond acceptors (Lipinski definition) is 5. The Morgan fingerprint density at radius 1 is 1.25 bits per heavy atom. The van der Waals surface area contributed by atoms with Crippen LogP contribution in [0.2, 0.25) is 0 Å². The number of rotatable bonds is 10. The molecular formula is C16H26N2O5S. The van der Waals surface area contributed by atoms with Crippen molar-refractivity contribution in [2.24, 2.45) is 0 Å². The number of nitrogens with one attached hydrogen (secondary N) is 1. The van der Waals surface area contributed by atoms with Gasteiger partial charge in [-0.05, 0) is 31.0 Å². The molecule has 24 heavy (non-hydrogen) atoms. The van der Waals surface area contributed by atoms with E-state index in [2.05, 4.69) is 4.72 Å². The van der Waals surface area contributed by atoms with E-state index in [0.29, 0.717) is 26.1 Å². The third kappa shape index (κ3) is 6.10. The third-order valence-electron chi connectivity index (χ3n) is 3.50. The molecule has 0 heterocycles. The van der Waals surface area contributed by atoms with Crippen molar-refractivity contribution in [3.63, 3.8) is 0 Å². The second-order valence-electron chi connectivity index (χ2n) is 5.40. The van der Waals surface area contributed by atoms with E-state index in [0.717, 1.165) is 5.56 Å². The number of aryl methyl sites for hydroxylation is 1. The molecule has 0 aliphatic rings. The summed E-state index contributed by atoms with van der Waals surface area (Å²) >= 11 is 0. The molecular weight excluding hydrogens is 332 g/mol. The molecule has 0 radical (unpaired) electrons. The molecule has 0 fully saturated rings. The summed E-state index contributed by atoms with van der Waals surface area (Å²) in [4.78, 5) is 13.3. The molecule has 7 nitrogen and oxygen atoms in total. The molecule has 0 aliphatic carbocycles. The number of hydrogen-bond donors (Lipinski definition) is 1. The highest BCUT2D eigenvalue weighted by molar-refractivity contribution is 7.89. The Kier molecular flexibility index (Phi) is 8.17. The Morgan fingerprint density at radius 3 is 2.54 bits per heavy atom. The molecule has 0 unspecified atom stereocenters. The maximum absolute atomic E-state index is 12.5. The van der Waals surface area contributed by atoms with Crippen molar-refractivity contribution in [2.75, 3.05) is 40.5 Å². The van der Waals surface area contributed by atoms with Crippen molar-refractivity contribution in [3.05, 3.63) is 23.8 Å². The minimum absolute atomic E-state index is 0.0961. The van der Waals surface area contributed by atoms with E-state index in [1.54, 1.807) is 30.2 Å². The lowest BCUT2D eigenvalue weighted by molar-refractivity contribution is -0.128. The number of amides is 1. The first-order valence-corrected chi connectivity index (χ1v) is 9.19. The van der Waals surface area contributed by atoms with Crippen LogP contribution in [0.4, 0.5) is 0 Å². The topological polar surface area (TPSA) is 84.9 Å². The van der Waals surface area contributed by atoms with Gasteiger partial charge in [-0.2, -0.15) is 0 Å². The van der Waals surface area contributed by atoms with Gasteiger partial charge in [0, 0.05) is 40.3 Å². The summed E-state index contributed by atoms with van der Waals surface area (Å²) in [7, 11) is -0.683. The quantitative estimate of drug-likeness (QED) is 0.635. The van der Waals surface area contributed by atoms with Crippen molar-refractivity contribution in [3.8, 4) is 5.75 Å². The second-order valence-corrected chi connectivity index (χ2v) is 7.14. The first-order valence-electron chi connectivity index (χ1n) is 7.70. The van der Waals surface area contributed by atoms with Gasteiger partial charge < -0.3 is 14.4 Å². The van der Waals surface area contributed by atoms with Gasteiger partial charge in [0.05, 0.1) is 7.11 Å². The maximum atomic E-state index is 12.5. The predicted octanol–water partition coefficient (Wildman–Crippen LogP) is 1.17. The zero-order chi connectivity index (χ0) is 18.2. The smallest absolute Gasteiger partial charge is 0.244 e. The summed E-state index contributed by atoms with van der Waals surface area (Å²) in [5.74, 6) is 0.190. The minimum Gasteiger partial charge on any atom is -0.495 e. The van der Waals surface area contributed by atoms with Gasteiger partial charge in [-0.15, -0.1) is 0 Å². The van der Waals surface area contributed by atoms with Crippen molar-refractivity contribution in [1.29, 1.82) is 0 Å². The second kappa shape index (κ2) is 9.61. The lowest BCUT2D eigenvalue weighted by Gasteiger charge is -2.21. The fraction of sp³-hybridized carbons (Fsp3) is 0.562. The first-order chi connectivity index (χ1) is 11.3. The number of methoxy groups -OCH3 is 2. The van der Waals surface area contributed by atoms with Crippen LogP contribution in [-0.2, 0) is 19.6 Å². The van der Waals surface area contributed by atoms with Crippen LogP contribution >= 0.6 is 0 Å². The fourth-order valence-electron chi connectivity index (χ4n) is 2.21. The first kappa shape index (κ1) is 20.4. The van der Waals surface area contributed by atoms with Gasteiger partial charge in [0.2, 0.25) is 15.9 Å². The summed E-state index contributed by atoms with van der Waals surface area (Å²) in [6.45, 7) is 4.78. The van der Waals surface area contributed by atoms with Gasteiger partial charge in [-0.3, -0.25) is 4.79 Å². The lowest BCUT2D eigenvalue weighted by atomic mass is 10.2. The number of carbonyl (C=O) groups is 1. The molecule has 1 N–H and O–H groups in total. The largest absolute Gasteiger partial charge is 0.495 e. The van der Waals surface area contributed by atoms with Crippen LogP contribution in [0.1, 0.15) is 18.9 Å². The molecule has 0 aromatic heterocycles. The fourth-order valence-corrected chi connectivity index (χ4v) is 3.49. The standard InChI is InChI=1S/C16H26N2O5S/c1-13-6-7-15(23-4)16(12-13)24(20,21)17-8-10-18(14(2)19)9-5-11-22-3/h6-7,12,17H,5,8-11H2,1-4H3. The van der Waals surface area contributed by atoms with Crippen LogP contribution < -0.4 is 9.46 Å². The average molecular weight is 358 g/mol. The molecule has 8 heteroatoms. The predicted molar refractivity (Wildman–Crippen MR) is 91.7 cm³/mol. The van der Waals surface area contributed by atoms with E-state index >= 15 is 0 Å². The highest BCUT2D eigenvalue weighted by Gasteiger charge is 2.20. The van der Waals surface area contributed by atoms with E-state index in [1.165, 1.54) is 14.0 Å². The highest BCUT2D eigenvalue weighted by atomic mass is 32.2. The van der Waals surface area contributed by atoms with Crippen molar-refractivity contribution in [1.82, 2.24) is 9.62 Å².